The molecule has 4 heteroatoms. The second-order valence-electron chi connectivity index (χ2n) is 7.13. The lowest BCUT2D eigenvalue weighted by Crippen LogP contribution is -2.38. The van der Waals surface area contributed by atoms with Crippen molar-refractivity contribution in [2.45, 2.75) is 46.1 Å². The highest BCUT2D eigenvalue weighted by molar-refractivity contribution is 6.36. The third kappa shape index (κ3) is 2.19. The summed E-state index contributed by atoms with van der Waals surface area (Å²) in [6.45, 7) is 6.85. The fraction of sp³-hybridized carbons (Fsp3) is 0.588. The molecule has 0 heterocycles. The molecule has 0 amide bonds. The normalized spacial score (nSPS) is 33.2. The van der Waals surface area contributed by atoms with Crippen molar-refractivity contribution in [2.75, 3.05) is 0 Å². The molecule has 2 bridgehead atoms. The van der Waals surface area contributed by atoms with Crippen molar-refractivity contribution in [3.8, 4) is 0 Å². The van der Waals surface area contributed by atoms with Crippen LogP contribution in [0.25, 0.3) is 0 Å². The Morgan fingerprint density at radius 2 is 2.00 bits per heavy atom. The van der Waals surface area contributed by atoms with E-state index in [4.69, 9.17) is 27.9 Å². The molecule has 2 nitrogen and oxygen atoms in total. The highest BCUT2D eigenvalue weighted by atomic mass is 35.5. The molecule has 1 aromatic carbocycles. The Morgan fingerprint density at radius 3 is 2.52 bits per heavy atom. The number of carbonyl (C=O) groups is 1. The maximum Gasteiger partial charge on any atom is 0.339 e. The molecule has 3 atom stereocenters. The van der Waals surface area contributed by atoms with Gasteiger partial charge in [0.1, 0.15) is 6.10 Å². The maximum atomic E-state index is 12.4. The van der Waals surface area contributed by atoms with Gasteiger partial charge >= 0.3 is 5.97 Å². The first-order valence-corrected chi connectivity index (χ1v) is 8.17. The summed E-state index contributed by atoms with van der Waals surface area (Å²) in [6, 6.07) is 4.87. The van der Waals surface area contributed by atoms with Gasteiger partial charge in [-0.2, -0.15) is 0 Å². The molecule has 0 N–H and O–H groups in total. The van der Waals surface area contributed by atoms with Crippen LogP contribution in [-0.2, 0) is 4.74 Å². The van der Waals surface area contributed by atoms with Crippen LogP contribution in [0.5, 0.6) is 0 Å². The second-order valence-corrected chi connectivity index (χ2v) is 7.97. The summed E-state index contributed by atoms with van der Waals surface area (Å²) in [5.41, 5.74) is 0.679. The molecule has 2 fully saturated rings. The van der Waals surface area contributed by atoms with Gasteiger partial charge in [-0.15, -0.1) is 0 Å². The van der Waals surface area contributed by atoms with E-state index >= 15 is 0 Å². The molecule has 3 unspecified atom stereocenters. The Morgan fingerprint density at radius 1 is 1.29 bits per heavy atom. The van der Waals surface area contributed by atoms with Crippen LogP contribution >= 0.6 is 23.2 Å². The van der Waals surface area contributed by atoms with Gasteiger partial charge in [-0.05, 0) is 48.8 Å². The molecule has 114 valence electrons. The van der Waals surface area contributed by atoms with Crippen molar-refractivity contribution in [3.63, 3.8) is 0 Å². The lowest BCUT2D eigenvalue weighted by molar-refractivity contribution is -0.0242. The smallest absolute Gasteiger partial charge is 0.339 e. The van der Waals surface area contributed by atoms with E-state index in [-0.39, 0.29) is 22.9 Å². The minimum Gasteiger partial charge on any atom is -0.458 e. The summed E-state index contributed by atoms with van der Waals surface area (Å²) < 4.78 is 5.82. The highest BCUT2D eigenvalue weighted by Gasteiger charge is 2.62. The average molecular weight is 327 g/mol. The van der Waals surface area contributed by atoms with E-state index in [1.54, 1.807) is 18.2 Å². The Bertz CT molecular complexity index is 596. The fourth-order valence-electron chi connectivity index (χ4n) is 4.16. The van der Waals surface area contributed by atoms with Crippen molar-refractivity contribution in [1.29, 1.82) is 0 Å². The van der Waals surface area contributed by atoms with Crippen LogP contribution in [0.3, 0.4) is 0 Å². The average Bonchev–Trinajstić information content (AvgIpc) is 2.71. The molecule has 0 aromatic heterocycles. The zero-order valence-corrected chi connectivity index (χ0v) is 14.1. The van der Waals surface area contributed by atoms with Gasteiger partial charge in [0.25, 0.3) is 0 Å². The zero-order chi connectivity index (χ0) is 15.4. The quantitative estimate of drug-likeness (QED) is 0.683. The summed E-state index contributed by atoms with van der Waals surface area (Å²) in [5.74, 6) is 0.298. The van der Waals surface area contributed by atoms with Crippen LogP contribution in [0.2, 0.25) is 10.0 Å². The van der Waals surface area contributed by atoms with Gasteiger partial charge in [-0.25, -0.2) is 4.79 Å². The molecule has 2 aliphatic rings. The predicted molar refractivity (Wildman–Crippen MR) is 84.9 cm³/mol. The number of esters is 1. The summed E-state index contributed by atoms with van der Waals surface area (Å²) in [6.07, 6.45) is 3.29. The van der Waals surface area contributed by atoms with Gasteiger partial charge in [-0.3, -0.25) is 0 Å². The number of halogens is 2. The molecule has 0 saturated heterocycles. The van der Waals surface area contributed by atoms with E-state index in [9.17, 15) is 4.79 Å². The molecular formula is C17H20Cl2O2. The van der Waals surface area contributed by atoms with Crippen molar-refractivity contribution < 1.29 is 9.53 Å². The van der Waals surface area contributed by atoms with Crippen LogP contribution in [0, 0.1) is 16.7 Å². The maximum absolute atomic E-state index is 12.4. The summed E-state index contributed by atoms with van der Waals surface area (Å²) in [7, 11) is 0. The second kappa shape index (κ2) is 4.89. The van der Waals surface area contributed by atoms with Gasteiger partial charge in [0.15, 0.2) is 0 Å². The van der Waals surface area contributed by atoms with E-state index in [0.717, 1.165) is 12.8 Å². The molecule has 0 spiro atoms. The molecule has 0 radical (unpaired) electrons. The molecule has 2 aliphatic carbocycles. The Kier molecular flexibility index (Phi) is 3.53. The number of benzene rings is 1. The van der Waals surface area contributed by atoms with E-state index in [0.29, 0.717) is 21.5 Å². The number of hydrogen-bond donors (Lipinski definition) is 0. The lowest BCUT2D eigenvalue weighted by atomic mass is 9.70. The molecule has 3 rings (SSSR count). The van der Waals surface area contributed by atoms with Gasteiger partial charge in [0.2, 0.25) is 0 Å². The first kappa shape index (κ1) is 15.2. The SMILES string of the molecule is CC1(C)C2CCC1(C)C(OC(=O)c1ccc(Cl)cc1Cl)C2. The van der Waals surface area contributed by atoms with Crippen LogP contribution in [0.4, 0.5) is 0 Å². The lowest BCUT2D eigenvalue weighted by Gasteiger charge is -2.38. The number of carbonyl (C=O) groups excluding carboxylic acids is 1. The van der Waals surface area contributed by atoms with Gasteiger partial charge in [-0.1, -0.05) is 44.0 Å². The minimum atomic E-state index is -0.341. The van der Waals surface area contributed by atoms with Crippen LogP contribution in [-0.4, -0.2) is 12.1 Å². The third-order valence-corrected chi connectivity index (χ3v) is 6.66. The molecule has 1 aromatic rings. The van der Waals surface area contributed by atoms with Crippen LogP contribution in [0.15, 0.2) is 18.2 Å². The fourth-order valence-corrected chi connectivity index (χ4v) is 4.64. The highest BCUT2D eigenvalue weighted by Crippen LogP contribution is 2.66. The number of fused-ring (bicyclic) bond motifs is 2. The first-order valence-electron chi connectivity index (χ1n) is 7.42. The van der Waals surface area contributed by atoms with Crippen LogP contribution < -0.4 is 0 Å². The van der Waals surface area contributed by atoms with Crippen molar-refractivity contribution in [2.24, 2.45) is 16.7 Å². The summed E-state index contributed by atoms with van der Waals surface area (Å²) >= 11 is 12.0. The van der Waals surface area contributed by atoms with Crippen molar-refractivity contribution in [3.05, 3.63) is 33.8 Å². The van der Waals surface area contributed by atoms with E-state index < -0.39 is 0 Å². The third-order valence-electron chi connectivity index (χ3n) is 6.11. The minimum absolute atomic E-state index is 0.0227. The largest absolute Gasteiger partial charge is 0.458 e. The number of rotatable bonds is 2. The van der Waals surface area contributed by atoms with Gasteiger partial charge < -0.3 is 4.74 Å². The molecule has 2 saturated carbocycles. The number of ether oxygens (including phenoxy) is 1. The zero-order valence-electron chi connectivity index (χ0n) is 12.6. The van der Waals surface area contributed by atoms with Gasteiger partial charge in [0, 0.05) is 10.4 Å². The van der Waals surface area contributed by atoms with Gasteiger partial charge in [0.05, 0.1) is 10.6 Å². The topological polar surface area (TPSA) is 26.3 Å². The van der Waals surface area contributed by atoms with Crippen LogP contribution in [0.1, 0.15) is 50.4 Å². The van der Waals surface area contributed by atoms with E-state index in [1.165, 1.54) is 6.42 Å². The first-order chi connectivity index (χ1) is 9.75. The summed E-state index contributed by atoms with van der Waals surface area (Å²) in [4.78, 5) is 12.4. The Hall–Kier alpha value is -0.730. The standard InChI is InChI=1S/C17H20Cl2O2/c1-16(2)10-6-7-17(16,3)14(8-10)21-15(20)12-5-4-11(18)9-13(12)19/h4-5,9-10,14H,6-8H2,1-3H3. The van der Waals surface area contributed by atoms with Crippen molar-refractivity contribution >= 4 is 29.2 Å². The molecule has 21 heavy (non-hydrogen) atoms. The Labute approximate surface area is 135 Å². The predicted octanol–water partition coefficient (Wildman–Crippen LogP) is 5.37. The van der Waals surface area contributed by atoms with E-state index in [2.05, 4.69) is 20.8 Å². The van der Waals surface area contributed by atoms with Crippen molar-refractivity contribution in [1.82, 2.24) is 0 Å². The Balaban J connectivity index is 1.80. The molecular weight excluding hydrogens is 307 g/mol. The van der Waals surface area contributed by atoms with E-state index in [1.807, 2.05) is 0 Å². The monoisotopic (exact) mass is 326 g/mol. The summed E-state index contributed by atoms with van der Waals surface area (Å²) in [5, 5.41) is 0.865. The molecule has 0 aliphatic heterocycles. The number of hydrogen-bond acceptors (Lipinski definition) is 2.